The first-order chi connectivity index (χ1) is 23.6. The molecule has 2 aromatic heterocycles. The number of aryl methyl sites for hydroxylation is 1. The second-order valence-electron chi connectivity index (χ2n) is 13.8. The zero-order valence-electron chi connectivity index (χ0n) is 28.9. The fourth-order valence-electron chi connectivity index (χ4n) is 7.79. The Bertz CT molecular complexity index is 1940. The predicted octanol–water partition coefficient (Wildman–Crippen LogP) is 15.0. The summed E-state index contributed by atoms with van der Waals surface area (Å²) in [4.78, 5) is 5.41. The van der Waals surface area contributed by atoms with E-state index in [1.807, 2.05) is 22.7 Å². The van der Waals surface area contributed by atoms with Gasteiger partial charge in [-0.05, 0) is 101 Å². The van der Waals surface area contributed by atoms with Gasteiger partial charge in [0.2, 0.25) is 0 Å². The molecule has 0 unspecified atom stereocenters. The van der Waals surface area contributed by atoms with E-state index in [1.165, 1.54) is 123 Å². The second kappa shape index (κ2) is 14.8. The molecule has 2 heterocycles. The molecular formula is C46H48S2. The van der Waals surface area contributed by atoms with Crippen molar-refractivity contribution in [2.24, 2.45) is 0 Å². The van der Waals surface area contributed by atoms with Crippen molar-refractivity contribution in [2.45, 2.75) is 90.4 Å². The van der Waals surface area contributed by atoms with Gasteiger partial charge in [-0.2, -0.15) is 0 Å². The average molecular weight is 665 g/mol. The normalized spacial score (nSPS) is 13.1. The van der Waals surface area contributed by atoms with Crippen LogP contribution in [-0.4, -0.2) is 0 Å². The highest BCUT2D eigenvalue weighted by Crippen LogP contribution is 2.56. The number of hydrogen-bond acceptors (Lipinski definition) is 2. The Morgan fingerprint density at radius 1 is 0.438 bits per heavy atom. The van der Waals surface area contributed by atoms with Gasteiger partial charge in [-0.1, -0.05) is 150 Å². The second-order valence-corrected chi connectivity index (χ2v) is 16.0. The molecule has 0 radical (unpaired) electrons. The Labute approximate surface area is 296 Å². The van der Waals surface area contributed by atoms with Crippen LogP contribution in [0.5, 0.6) is 0 Å². The molecule has 0 atom stereocenters. The van der Waals surface area contributed by atoms with Crippen LogP contribution in [0.2, 0.25) is 0 Å². The van der Waals surface area contributed by atoms with E-state index in [9.17, 15) is 0 Å². The fraction of sp³-hybridized carbons (Fsp3) is 0.304. The van der Waals surface area contributed by atoms with E-state index in [4.69, 9.17) is 0 Å². The molecule has 2 heteroatoms. The summed E-state index contributed by atoms with van der Waals surface area (Å²) in [6.45, 7) is 6.82. The van der Waals surface area contributed by atoms with Crippen LogP contribution in [0.4, 0.5) is 0 Å². The van der Waals surface area contributed by atoms with Crippen molar-refractivity contribution in [2.75, 3.05) is 0 Å². The summed E-state index contributed by atoms with van der Waals surface area (Å²) in [5, 5.41) is 0. The van der Waals surface area contributed by atoms with Crippen molar-refractivity contribution < 1.29 is 0 Å². The van der Waals surface area contributed by atoms with Crippen LogP contribution in [0.15, 0.2) is 115 Å². The lowest BCUT2D eigenvalue weighted by molar-refractivity contribution is 0.401. The monoisotopic (exact) mass is 664 g/mol. The third-order valence-electron chi connectivity index (χ3n) is 10.5. The van der Waals surface area contributed by atoms with Gasteiger partial charge in [-0.15, -0.1) is 22.7 Å². The molecule has 0 bridgehead atoms. The number of rotatable bonds is 14. The summed E-state index contributed by atoms with van der Waals surface area (Å²) in [6.07, 6.45) is 12.8. The molecule has 0 spiro atoms. The number of benzene rings is 4. The molecule has 7 rings (SSSR count). The van der Waals surface area contributed by atoms with Gasteiger partial charge in [0.15, 0.2) is 0 Å². The maximum atomic E-state index is 2.60. The maximum Gasteiger partial charge on any atom is 0.0349 e. The molecule has 244 valence electrons. The molecule has 0 aliphatic heterocycles. The van der Waals surface area contributed by atoms with Crippen LogP contribution < -0.4 is 0 Å². The minimum atomic E-state index is 0.0503. The molecule has 1 aliphatic rings. The van der Waals surface area contributed by atoms with Crippen LogP contribution >= 0.6 is 22.7 Å². The lowest BCUT2D eigenvalue weighted by Gasteiger charge is -2.33. The number of thiophene rings is 2. The van der Waals surface area contributed by atoms with E-state index in [0.29, 0.717) is 0 Å². The maximum absolute atomic E-state index is 2.60. The highest BCUT2D eigenvalue weighted by atomic mass is 32.1. The molecule has 4 aromatic carbocycles. The minimum Gasteiger partial charge on any atom is -0.135 e. The first-order valence-electron chi connectivity index (χ1n) is 18.2. The molecule has 0 saturated heterocycles. The fourth-order valence-corrected chi connectivity index (χ4v) is 9.80. The standard InChI is InChI=1S/C46H48S2/c1-4-6-8-13-29-46(30-14-9-7-5-2)40-31-36(44-27-25-42(47-44)34-15-11-10-12-16-34)21-23-38(40)39-24-22-37(32-41(39)46)45-28-26-43(48-45)35-19-17-33(3)18-20-35/h10-12,15-28,31-32H,4-9,13-14,29-30H2,1-3H3. The van der Waals surface area contributed by atoms with Gasteiger partial charge in [0.05, 0.1) is 0 Å². The van der Waals surface area contributed by atoms with Gasteiger partial charge in [0.1, 0.15) is 0 Å². The van der Waals surface area contributed by atoms with Crippen molar-refractivity contribution in [1.29, 1.82) is 0 Å². The van der Waals surface area contributed by atoms with Gasteiger partial charge in [0, 0.05) is 24.9 Å². The number of fused-ring (bicyclic) bond motifs is 3. The highest BCUT2D eigenvalue weighted by molar-refractivity contribution is 7.19. The third-order valence-corrected chi connectivity index (χ3v) is 12.8. The minimum absolute atomic E-state index is 0.0503. The van der Waals surface area contributed by atoms with Crippen LogP contribution in [0.25, 0.3) is 52.9 Å². The van der Waals surface area contributed by atoms with Crippen LogP contribution in [0, 0.1) is 6.92 Å². The Kier molecular flexibility index (Phi) is 10.1. The zero-order chi connectivity index (χ0) is 32.9. The first kappa shape index (κ1) is 32.8. The first-order valence-corrected chi connectivity index (χ1v) is 19.9. The summed E-state index contributed by atoms with van der Waals surface area (Å²) in [6, 6.07) is 43.9. The van der Waals surface area contributed by atoms with E-state index in [2.05, 4.69) is 136 Å². The van der Waals surface area contributed by atoms with Gasteiger partial charge in [-0.3, -0.25) is 0 Å². The van der Waals surface area contributed by atoms with Crippen LogP contribution in [0.3, 0.4) is 0 Å². The third kappa shape index (κ3) is 6.63. The molecule has 0 fully saturated rings. The van der Waals surface area contributed by atoms with Crippen molar-refractivity contribution in [3.05, 3.63) is 132 Å². The van der Waals surface area contributed by atoms with E-state index in [0.717, 1.165) is 0 Å². The smallest absolute Gasteiger partial charge is 0.0349 e. The lowest BCUT2D eigenvalue weighted by atomic mass is 9.70. The molecule has 0 nitrogen and oxygen atoms in total. The van der Waals surface area contributed by atoms with E-state index < -0.39 is 0 Å². The SMILES string of the molecule is CCCCCCC1(CCCCCC)c2cc(-c3ccc(-c4ccccc4)s3)ccc2-c2ccc(-c3ccc(-c4ccc(C)cc4)s3)cc21. The average Bonchev–Trinajstić information content (AvgIpc) is 3.88. The zero-order valence-corrected chi connectivity index (χ0v) is 30.5. The van der Waals surface area contributed by atoms with Gasteiger partial charge in [0.25, 0.3) is 0 Å². The molecular weight excluding hydrogens is 617 g/mol. The molecule has 6 aromatic rings. The molecule has 0 saturated carbocycles. The molecule has 1 aliphatic carbocycles. The Morgan fingerprint density at radius 3 is 1.35 bits per heavy atom. The van der Waals surface area contributed by atoms with Crippen molar-refractivity contribution in [3.8, 4) is 52.9 Å². The van der Waals surface area contributed by atoms with Crippen molar-refractivity contribution in [1.82, 2.24) is 0 Å². The summed E-state index contributed by atoms with van der Waals surface area (Å²) >= 11 is 3.84. The molecule has 0 N–H and O–H groups in total. The van der Waals surface area contributed by atoms with Gasteiger partial charge in [-0.25, -0.2) is 0 Å². The van der Waals surface area contributed by atoms with Crippen molar-refractivity contribution in [3.63, 3.8) is 0 Å². The summed E-state index contributed by atoms with van der Waals surface area (Å²) < 4.78 is 0. The van der Waals surface area contributed by atoms with E-state index >= 15 is 0 Å². The van der Waals surface area contributed by atoms with Crippen LogP contribution in [-0.2, 0) is 5.41 Å². The lowest BCUT2D eigenvalue weighted by Crippen LogP contribution is -2.25. The largest absolute Gasteiger partial charge is 0.135 e. The molecule has 48 heavy (non-hydrogen) atoms. The number of unbranched alkanes of at least 4 members (excludes halogenated alkanes) is 6. The summed E-state index contributed by atoms with van der Waals surface area (Å²) in [5.74, 6) is 0. The van der Waals surface area contributed by atoms with E-state index in [1.54, 1.807) is 11.1 Å². The predicted molar refractivity (Wildman–Crippen MR) is 212 cm³/mol. The van der Waals surface area contributed by atoms with Gasteiger partial charge >= 0.3 is 0 Å². The Balaban J connectivity index is 1.31. The molecule has 0 amide bonds. The number of hydrogen-bond donors (Lipinski definition) is 0. The summed E-state index contributed by atoms with van der Waals surface area (Å²) in [7, 11) is 0. The van der Waals surface area contributed by atoms with E-state index in [-0.39, 0.29) is 5.41 Å². The van der Waals surface area contributed by atoms with Gasteiger partial charge < -0.3 is 0 Å². The summed E-state index contributed by atoms with van der Waals surface area (Å²) in [5.41, 5.74) is 12.7. The van der Waals surface area contributed by atoms with Crippen LogP contribution in [0.1, 0.15) is 94.7 Å². The topological polar surface area (TPSA) is 0 Å². The van der Waals surface area contributed by atoms with Crippen molar-refractivity contribution >= 4 is 22.7 Å². The highest BCUT2D eigenvalue weighted by Gasteiger charge is 2.42. The quantitative estimate of drug-likeness (QED) is 0.102. The Hall–Kier alpha value is -3.72. The Morgan fingerprint density at radius 2 is 0.875 bits per heavy atom.